The second-order valence-corrected chi connectivity index (χ2v) is 6.58. The Morgan fingerprint density at radius 1 is 1.28 bits per heavy atom. The predicted octanol–water partition coefficient (Wildman–Crippen LogP) is 4.65. The Bertz CT molecular complexity index is 1010. The maximum atomic E-state index is 12.7. The van der Waals surface area contributed by atoms with Gasteiger partial charge in [-0.1, -0.05) is 23.7 Å². The Kier molecular flexibility index (Phi) is 5.11. The van der Waals surface area contributed by atoms with Crippen molar-refractivity contribution in [3.8, 4) is 11.4 Å². The molecule has 3 rings (SSSR count). The first kappa shape index (κ1) is 17.5. The number of methoxy groups -OCH3 is 1. The van der Waals surface area contributed by atoms with Crippen LogP contribution < -0.4 is 10.3 Å². The molecule has 0 aliphatic heterocycles. The maximum absolute atomic E-state index is 12.7. The molecule has 0 amide bonds. The van der Waals surface area contributed by atoms with Crippen molar-refractivity contribution in [2.75, 3.05) is 7.11 Å². The van der Waals surface area contributed by atoms with Crippen LogP contribution in [0.2, 0.25) is 5.02 Å². The lowest BCUT2D eigenvalue weighted by molar-refractivity contribution is 0.414. The van der Waals surface area contributed by atoms with Gasteiger partial charge in [-0.25, -0.2) is 4.68 Å². The summed E-state index contributed by atoms with van der Waals surface area (Å²) in [5.74, 6) is 0.502. The van der Waals surface area contributed by atoms with E-state index in [9.17, 15) is 4.79 Å². The lowest BCUT2D eigenvalue weighted by atomic mass is 10.2. The smallest absolute Gasteiger partial charge is 0.280 e. The lowest BCUT2D eigenvalue weighted by Gasteiger charge is -2.06. The number of hydrogen-bond donors (Lipinski definition) is 1. The van der Waals surface area contributed by atoms with Crippen LogP contribution in [0.1, 0.15) is 11.3 Å². The van der Waals surface area contributed by atoms with Gasteiger partial charge in [-0.2, -0.15) is 0 Å². The molecular formula is C18H15BrClN3O2. The van der Waals surface area contributed by atoms with Gasteiger partial charge in [0.2, 0.25) is 0 Å². The van der Waals surface area contributed by atoms with Crippen LogP contribution in [0.15, 0.2) is 56.7 Å². The molecule has 0 radical (unpaired) electrons. The van der Waals surface area contributed by atoms with Crippen molar-refractivity contribution < 1.29 is 4.74 Å². The van der Waals surface area contributed by atoms with Gasteiger partial charge in [-0.15, -0.1) is 0 Å². The number of hydrogen-bond acceptors (Lipinski definition) is 3. The van der Waals surface area contributed by atoms with Crippen LogP contribution in [0, 0.1) is 6.92 Å². The molecule has 0 aliphatic carbocycles. The quantitative estimate of drug-likeness (QED) is 0.625. The molecule has 0 unspecified atom stereocenters. The van der Waals surface area contributed by atoms with Crippen molar-refractivity contribution in [3.05, 3.63) is 73.6 Å². The third kappa shape index (κ3) is 3.55. The van der Waals surface area contributed by atoms with Crippen molar-refractivity contribution >= 4 is 39.4 Å². The monoisotopic (exact) mass is 419 g/mol. The van der Waals surface area contributed by atoms with Crippen LogP contribution in [0.4, 0.5) is 5.69 Å². The van der Waals surface area contributed by atoms with Gasteiger partial charge < -0.3 is 4.74 Å². The minimum Gasteiger partial charge on any atom is -0.495 e. The summed E-state index contributed by atoms with van der Waals surface area (Å²) in [4.78, 5) is 17.1. The molecule has 0 bridgehead atoms. The van der Waals surface area contributed by atoms with Gasteiger partial charge in [0.05, 0.1) is 29.1 Å². The summed E-state index contributed by atoms with van der Waals surface area (Å²) in [6, 6.07) is 12.7. The van der Waals surface area contributed by atoms with E-state index >= 15 is 0 Å². The molecule has 0 saturated heterocycles. The average Bonchev–Trinajstić information content (AvgIpc) is 2.89. The Labute approximate surface area is 158 Å². The van der Waals surface area contributed by atoms with Gasteiger partial charge in [0.15, 0.2) is 0 Å². The van der Waals surface area contributed by atoms with Gasteiger partial charge >= 0.3 is 0 Å². The molecule has 5 nitrogen and oxygen atoms in total. The van der Waals surface area contributed by atoms with Gasteiger partial charge in [-0.05, 0) is 47.1 Å². The van der Waals surface area contributed by atoms with Crippen LogP contribution in [0.3, 0.4) is 0 Å². The summed E-state index contributed by atoms with van der Waals surface area (Å²) in [6.07, 6.45) is 1.57. The standard InChI is InChI=1S/C18H15BrClN3O2/c1-11-13(10-21-16-6-4-3-5-14(16)19)18(24)23(22-11)12-7-8-15(20)17(9-12)25-2/h3-10,22H,1-2H3. The molecule has 25 heavy (non-hydrogen) atoms. The fourth-order valence-corrected chi connectivity index (χ4v) is 2.95. The van der Waals surface area contributed by atoms with Crippen molar-refractivity contribution in [2.45, 2.75) is 6.92 Å². The van der Waals surface area contributed by atoms with Crippen LogP contribution in [-0.4, -0.2) is 23.1 Å². The number of aliphatic imine (C=N–C) groups is 1. The number of para-hydroxylation sites is 1. The number of rotatable bonds is 4. The Balaban J connectivity index is 2.02. The second kappa shape index (κ2) is 7.29. The first-order valence-corrected chi connectivity index (χ1v) is 8.62. The first-order valence-electron chi connectivity index (χ1n) is 7.45. The average molecular weight is 421 g/mol. The van der Waals surface area contributed by atoms with E-state index in [2.05, 4.69) is 26.0 Å². The lowest BCUT2D eigenvalue weighted by Crippen LogP contribution is -2.17. The van der Waals surface area contributed by atoms with E-state index in [1.807, 2.05) is 31.2 Å². The molecule has 1 aromatic heterocycles. The number of aromatic amines is 1. The Morgan fingerprint density at radius 3 is 2.76 bits per heavy atom. The maximum Gasteiger partial charge on any atom is 0.280 e. The van der Waals surface area contributed by atoms with Crippen LogP contribution in [0.25, 0.3) is 5.69 Å². The van der Waals surface area contributed by atoms with Crippen molar-refractivity contribution in [2.24, 2.45) is 4.99 Å². The van der Waals surface area contributed by atoms with E-state index in [4.69, 9.17) is 16.3 Å². The van der Waals surface area contributed by atoms with E-state index in [0.717, 1.165) is 15.9 Å². The second-order valence-electron chi connectivity index (χ2n) is 5.32. The van der Waals surface area contributed by atoms with Crippen molar-refractivity contribution in [1.29, 1.82) is 0 Å². The van der Waals surface area contributed by atoms with E-state index in [1.54, 1.807) is 24.4 Å². The van der Waals surface area contributed by atoms with Gasteiger partial charge in [0.25, 0.3) is 5.56 Å². The third-order valence-electron chi connectivity index (χ3n) is 3.70. The van der Waals surface area contributed by atoms with Gasteiger partial charge in [-0.3, -0.25) is 14.9 Å². The highest BCUT2D eigenvalue weighted by molar-refractivity contribution is 9.10. The van der Waals surface area contributed by atoms with Crippen LogP contribution in [-0.2, 0) is 0 Å². The molecule has 1 N–H and O–H groups in total. The first-order chi connectivity index (χ1) is 12.0. The van der Waals surface area contributed by atoms with E-state index in [1.165, 1.54) is 11.8 Å². The van der Waals surface area contributed by atoms with Gasteiger partial charge in [0.1, 0.15) is 5.75 Å². The molecule has 0 fully saturated rings. The minimum atomic E-state index is -0.197. The van der Waals surface area contributed by atoms with Gasteiger partial charge in [0, 0.05) is 22.4 Å². The number of nitrogens with zero attached hydrogens (tertiary/aromatic N) is 2. The highest BCUT2D eigenvalue weighted by Crippen LogP contribution is 2.26. The molecule has 0 spiro atoms. The summed E-state index contributed by atoms with van der Waals surface area (Å²) in [7, 11) is 1.53. The summed E-state index contributed by atoms with van der Waals surface area (Å²) < 4.78 is 7.51. The molecule has 0 aliphatic rings. The molecule has 3 aromatic rings. The normalized spacial score (nSPS) is 11.2. The highest BCUT2D eigenvalue weighted by atomic mass is 79.9. The summed E-state index contributed by atoms with van der Waals surface area (Å²) in [5.41, 5.74) is 2.40. The molecule has 2 aromatic carbocycles. The van der Waals surface area contributed by atoms with Crippen molar-refractivity contribution in [3.63, 3.8) is 0 Å². The number of aromatic nitrogens is 2. The molecule has 7 heteroatoms. The number of H-pyrrole nitrogens is 1. The number of benzene rings is 2. The molecule has 0 atom stereocenters. The number of ether oxygens (including phenoxy) is 1. The summed E-state index contributed by atoms with van der Waals surface area (Å²) in [5, 5.41) is 3.54. The van der Waals surface area contributed by atoms with E-state index in [0.29, 0.717) is 22.0 Å². The Hall–Kier alpha value is -2.31. The zero-order valence-corrected chi connectivity index (χ0v) is 15.9. The van der Waals surface area contributed by atoms with E-state index in [-0.39, 0.29) is 5.56 Å². The number of aryl methyl sites for hydroxylation is 1. The fraction of sp³-hybridized carbons (Fsp3) is 0.111. The summed E-state index contributed by atoms with van der Waals surface area (Å²) >= 11 is 9.48. The molecular weight excluding hydrogens is 406 g/mol. The van der Waals surface area contributed by atoms with Crippen molar-refractivity contribution in [1.82, 2.24) is 9.78 Å². The highest BCUT2D eigenvalue weighted by Gasteiger charge is 2.12. The third-order valence-corrected chi connectivity index (χ3v) is 4.68. The molecule has 0 saturated carbocycles. The molecule has 128 valence electrons. The number of halogens is 2. The molecule has 1 heterocycles. The van der Waals surface area contributed by atoms with Crippen LogP contribution >= 0.6 is 27.5 Å². The largest absolute Gasteiger partial charge is 0.495 e. The zero-order chi connectivity index (χ0) is 18.0. The summed E-state index contributed by atoms with van der Waals surface area (Å²) in [6.45, 7) is 1.83. The topological polar surface area (TPSA) is 59.4 Å². The Morgan fingerprint density at radius 2 is 2.04 bits per heavy atom. The fourth-order valence-electron chi connectivity index (χ4n) is 2.37. The zero-order valence-electron chi connectivity index (χ0n) is 13.6. The van der Waals surface area contributed by atoms with E-state index < -0.39 is 0 Å². The minimum absolute atomic E-state index is 0.197. The van der Waals surface area contributed by atoms with Crippen LogP contribution in [0.5, 0.6) is 5.75 Å². The SMILES string of the molecule is COc1cc(-n2[nH]c(C)c(C=Nc3ccccc3Br)c2=O)ccc1Cl. The predicted molar refractivity (Wildman–Crippen MR) is 104 cm³/mol. The number of nitrogens with one attached hydrogen (secondary N) is 1.